The summed E-state index contributed by atoms with van der Waals surface area (Å²) in [6.07, 6.45) is 1.62. The van der Waals surface area contributed by atoms with Crippen molar-refractivity contribution in [1.82, 2.24) is 10.3 Å². The lowest BCUT2D eigenvalue weighted by Crippen LogP contribution is -2.54. The molecule has 0 unspecified atom stereocenters. The summed E-state index contributed by atoms with van der Waals surface area (Å²) in [5.41, 5.74) is -0.667. The molecule has 1 aromatic heterocycles. The van der Waals surface area contributed by atoms with E-state index in [1.807, 2.05) is 6.07 Å². The minimum absolute atomic E-state index is 0.393. The fraction of sp³-hybridized carbons (Fsp3) is 0.375. The second-order valence-electron chi connectivity index (χ2n) is 2.78. The molecule has 0 atom stereocenters. The Bertz CT molecular complexity index is 244. The Kier molecular flexibility index (Phi) is 1.39. The van der Waals surface area contributed by atoms with Crippen molar-refractivity contribution >= 4 is 0 Å². The number of halogens is 1. The molecule has 1 aromatic rings. The number of nitrogens with one attached hydrogen (secondary N) is 1. The summed E-state index contributed by atoms with van der Waals surface area (Å²) in [5.74, 6) is 0. The molecule has 0 amide bonds. The number of pyridine rings is 1. The first-order valence-corrected chi connectivity index (χ1v) is 3.62. The first kappa shape index (κ1) is 6.73. The van der Waals surface area contributed by atoms with E-state index in [1.54, 1.807) is 18.3 Å². The third-order valence-corrected chi connectivity index (χ3v) is 1.93. The Morgan fingerprint density at radius 2 is 2.27 bits per heavy atom. The fourth-order valence-electron chi connectivity index (χ4n) is 1.15. The average molecular weight is 152 g/mol. The monoisotopic (exact) mass is 152 g/mol. The second kappa shape index (κ2) is 2.27. The van der Waals surface area contributed by atoms with Gasteiger partial charge in [-0.15, -0.1) is 0 Å². The minimum Gasteiger partial charge on any atom is -0.309 e. The molecule has 1 aliphatic rings. The average Bonchev–Trinajstić information content (AvgIpc) is 2.02. The molecule has 0 spiro atoms. The predicted molar refractivity (Wildman–Crippen MR) is 39.9 cm³/mol. The van der Waals surface area contributed by atoms with Crippen LogP contribution in [0.3, 0.4) is 0 Å². The van der Waals surface area contributed by atoms with Crippen molar-refractivity contribution in [3.8, 4) is 0 Å². The van der Waals surface area contributed by atoms with Crippen LogP contribution < -0.4 is 5.32 Å². The van der Waals surface area contributed by atoms with Gasteiger partial charge in [-0.3, -0.25) is 4.98 Å². The summed E-state index contributed by atoms with van der Waals surface area (Å²) in [5, 5.41) is 2.89. The summed E-state index contributed by atoms with van der Waals surface area (Å²) < 4.78 is 13.5. The Morgan fingerprint density at radius 1 is 1.45 bits per heavy atom. The Hall–Kier alpha value is -0.960. The van der Waals surface area contributed by atoms with Crippen LogP contribution in [0.5, 0.6) is 0 Å². The summed E-state index contributed by atoms with van der Waals surface area (Å²) in [4.78, 5) is 3.96. The Morgan fingerprint density at radius 3 is 2.73 bits per heavy atom. The number of alkyl halides is 1. The van der Waals surface area contributed by atoms with Gasteiger partial charge in [0.2, 0.25) is 0 Å². The van der Waals surface area contributed by atoms with Crippen LogP contribution in [0.4, 0.5) is 4.39 Å². The van der Waals surface area contributed by atoms with Crippen LogP contribution in [0.15, 0.2) is 24.4 Å². The molecule has 0 saturated carbocycles. The van der Waals surface area contributed by atoms with Gasteiger partial charge in [0.05, 0.1) is 5.69 Å². The van der Waals surface area contributed by atoms with Gasteiger partial charge in [-0.25, -0.2) is 4.39 Å². The highest BCUT2D eigenvalue weighted by atomic mass is 19.1. The van der Waals surface area contributed by atoms with E-state index in [-0.39, 0.29) is 0 Å². The van der Waals surface area contributed by atoms with E-state index in [0.29, 0.717) is 18.8 Å². The van der Waals surface area contributed by atoms with E-state index in [2.05, 4.69) is 10.3 Å². The van der Waals surface area contributed by atoms with Gasteiger partial charge >= 0.3 is 0 Å². The maximum Gasteiger partial charge on any atom is 0.177 e. The molecule has 1 aliphatic heterocycles. The third kappa shape index (κ3) is 1.01. The molecule has 2 heterocycles. The van der Waals surface area contributed by atoms with Crippen molar-refractivity contribution < 1.29 is 4.39 Å². The van der Waals surface area contributed by atoms with E-state index >= 15 is 0 Å². The lowest BCUT2D eigenvalue weighted by Gasteiger charge is -2.34. The molecule has 2 rings (SSSR count). The standard InChI is InChI=1S/C8H9FN2/c9-8(5-10-6-8)7-3-1-2-4-11-7/h1-4,10H,5-6H2. The largest absolute Gasteiger partial charge is 0.309 e. The maximum absolute atomic E-state index is 13.5. The van der Waals surface area contributed by atoms with E-state index < -0.39 is 5.67 Å². The van der Waals surface area contributed by atoms with Crippen LogP contribution in [0.25, 0.3) is 0 Å². The van der Waals surface area contributed by atoms with Gasteiger partial charge in [-0.05, 0) is 12.1 Å². The van der Waals surface area contributed by atoms with Crippen LogP contribution in [0.1, 0.15) is 5.69 Å². The molecule has 11 heavy (non-hydrogen) atoms. The summed E-state index contributed by atoms with van der Waals surface area (Å²) in [7, 11) is 0. The first-order chi connectivity index (χ1) is 5.31. The van der Waals surface area contributed by atoms with Gasteiger partial charge < -0.3 is 5.32 Å². The lowest BCUT2D eigenvalue weighted by atomic mass is 9.95. The number of rotatable bonds is 1. The molecular formula is C8H9FN2. The SMILES string of the molecule is FC1(c2ccccn2)CNC1. The number of aromatic nitrogens is 1. The highest BCUT2D eigenvalue weighted by molar-refractivity contribution is 5.17. The van der Waals surface area contributed by atoms with Crippen molar-refractivity contribution in [2.24, 2.45) is 0 Å². The molecule has 1 N–H and O–H groups in total. The third-order valence-electron chi connectivity index (χ3n) is 1.93. The first-order valence-electron chi connectivity index (χ1n) is 3.62. The molecule has 0 radical (unpaired) electrons. The summed E-state index contributed by atoms with van der Waals surface area (Å²) >= 11 is 0. The van der Waals surface area contributed by atoms with Crippen LogP contribution in [-0.4, -0.2) is 18.1 Å². The van der Waals surface area contributed by atoms with Crippen molar-refractivity contribution in [2.75, 3.05) is 13.1 Å². The number of nitrogens with zero attached hydrogens (tertiary/aromatic N) is 1. The van der Waals surface area contributed by atoms with Crippen molar-refractivity contribution in [2.45, 2.75) is 5.67 Å². The van der Waals surface area contributed by atoms with Crippen molar-refractivity contribution in [3.63, 3.8) is 0 Å². The highest BCUT2D eigenvalue weighted by Gasteiger charge is 2.39. The van der Waals surface area contributed by atoms with E-state index in [4.69, 9.17) is 0 Å². The van der Waals surface area contributed by atoms with Gasteiger partial charge in [0.1, 0.15) is 0 Å². The molecule has 0 aromatic carbocycles. The van der Waals surface area contributed by atoms with Crippen molar-refractivity contribution in [1.29, 1.82) is 0 Å². The maximum atomic E-state index is 13.5. The molecule has 0 bridgehead atoms. The summed E-state index contributed by atoms with van der Waals surface area (Å²) in [6.45, 7) is 0.786. The van der Waals surface area contributed by atoms with E-state index in [9.17, 15) is 4.39 Å². The van der Waals surface area contributed by atoms with Crippen molar-refractivity contribution in [3.05, 3.63) is 30.1 Å². The van der Waals surface area contributed by atoms with Crippen LogP contribution in [0.2, 0.25) is 0 Å². The lowest BCUT2D eigenvalue weighted by molar-refractivity contribution is 0.0841. The van der Waals surface area contributed by atoms with Gasteiger partial charge in [0.25, 0.3) is 0 Å². The number of hydrogen-bond donors (Lipinski definition) is 1. The molecule has 2 nitrogen and oxygen atoms in total. The smallest absolute Gasteiger partial charge is 0.177 e. The summed E-state index contributed by atoms with van der Waals surface area (Å²) in [6, 6.07) is 5.32. The molecule has 3 heteroatoms. The Labute approximate surface area is 64.5 Å². The quantitative estimate of drug-likeness (QED) is 0.645. The van der Waals surface area contributed by atoms with Gasteiger partial charge in [0, 0.05) is 19.3 Å². The van der Waals surface area contributed by atoms with Crippen LogP contribution in [0, 0.1) is 0 Å². The zero-order valence-electron chi connectivity index (χ0n) is 6.05. The predicted octanol–water partition coefficient (Wildman–Crippen LogP) is 0.850. The van der Waals surface area contributed by atoms with Gasteiger partial charge in [-0.1, -0.05) is 6.07 Å². The molecule has 1 fully saturated rings. The highest BCUT2D eigenvalue weighted by Crippen LogP contribution is 2.27. The van der Waals surface area contributed by atoms with E-state index in [0.717, 1.165) is 0 Å². The normalized spacial score (nSPS) is 20.8. The van der Waals surface area contributed by atoms with Crippen LogP contribution >= 0.6 is 0 Å². The fourth-order valence-corrected chi connectivity index (χ4v) is 1.15. The zero-order chi connectivity index (χ0) is 7.73. The Balaban J connectivity index is 2.29. The minimum atomic E-state index is -1.21. The molecule has 0 aliphatic carbocycles. The van der Waals surface area contributed by atoms with Gasteiger partial charge in [0.15, 0.2) is 5.67 Å². The number of hydrogen-bond acceptors (Lipinski definition) is 2. The van der Waals surface area contributed by atoms with Gasteiger partial charge in [-0.2, -0.15) is 0 Å². The molecule has 58 valence electrons. The molecular weight excluding hydrogens is 143 g/mol. The van der Waals surface area contributed by atoms with E-state index in [1.165, 1.54) is 0 Å². The molecule has 1 saturated heterocycles. The zero-order valence-corrected chi connectivity index (χ0v) is 6.05. The topological polar surface area (TPSA) is 24.9 Å². The van der Waals surface area contributed by atoms with Crippen LogP contribution in [-0.2, 0) is 5.67 Å². The second-order valence-corrected chi connectivity index (χ2v) is 2.78.